The summed E-state index contributed by atoms with van der Waals surface area (Å²) in [6, 6.07) is 8.26. The van der Waals surface area contributed by atoms with Crippen molar-refractivity contribution >= 4 is 60.2 Å². The van der Waals surface area contributed by atoms with Gasteiger partial charge in [0.1, 0.15) is 11.6 Å². The minimum absolute atomic E-state index is 0.126. The zero-order valence-corrected chi connectivity index (χ0v) is 32.7. The minimum atomic E-state index is -3.48. The van der Waals surface area contributed by atoms with Crippen LogP contribution in [0, 0.1) is 0 Å². The molecule has 1 saturated carbocycles. The van der Waals surface area contributed by atoms with Crippen LogP contribution in [0.1, 0.15) is 67.1 Å². The molecule has 1 atom stereocenters. The molecule has 0 bridgehead atoms. The molecule has 9 rings (SSSR count). The van der Waals surface area contributed by atoms with Crippen molar-refractivity contribution in [3.63, 3.8) is 0 Å². The summed E-state index contributed by atoms with van der Waals surface area (Å²) in [4.78, 5) is 33.9. The van der Waals surface area contributed by atoms with Crippen molar-refractivity contribution in [3.8, 4) is 11.4 Å². The number of nitrogens with one attached hydrogen (secondary N) is 2. The molecule has 3 aliphatic heterocycles. The van der Waals surface area contributed by atoms with Crippen molar-refractivity contribution in [2.75, 3.05) is 49.5 Å². The Morgan fingerprint density at radius 3 is 2.63 bits per heavy atom. The quantitative estimate of drug-likeness (QED) is 0.203. The maximum absolute atomic E-state index is 13.3. The van der Waals surface area contributed by atoms with Crippen LogP contribution in [0.2, 0.25) is 0 Å². The molecule has 5 aromatic rings. The fourth-order valence-electron chi connectivity index (χ4n) is 7.79. The van der Waals surface area contributed by atoms with E-state index >= 15 is 0 Å². The van der Waals surface area contributed by atoms with E-state index in [-0.39, 0.29) is 23.2 Å². The Kier molecular flexibility index (Phi) is 9.14. The molecule has 1 amide bonds. The molecule has 2 saturated heterocycles. The second-order valence-corrected chi connectivity index (χ2v) is 17.8. The predicted molar refractivity (Wildman–Crippen MR) is 209 cm³/mol. The van der Waals surface area contributed by atoms with Crippen molar-refractivity contribution in [3.05, 3.63) is 70.2 Å². The number of rotatable bonds is 10. The van der Waals surface area contributed by atoms with E-state index in [1.165, 1.54) is 18.0 Å². The lowest BCUT2D eigenvalue weighted by Gasteiger charge is -2.35. The number of carbonyl (C=O) groups excluding carboxylic acids is 1. The summed E-state index contributed by atoms with van der Waals surface area (Å²) < 4.78 is 29.4. The highest BCUT2D eigenvalue weighted by atomic mass is 79.9. The van der Waals surface area contributed by atoms with Crippen LogP contribution in [0.15, 0.2) is 53.5 Å². The first-order valence-corrected chi connectivity index (χ1v) is 21.0. The largest absolute Gasteiger partial charge is 0.352 e. The van der Waals surface area contributed by atoms with Gasteiger partial charge in [0.15, 0.2) is 11.6 Å². The lowest BCUT2D eigenvalue weighted by molar-refractivity contribution is 0.0674. The van der Waals surface area contributed by atoms with Gasteiger partial charge in [-0.15, -0.1) is 0 Å². The van der Waals surface area contributed by atoms with Crippen LogP contribution in [0.3, 0.4) is 0 Å². The van der Waals surface area contributed by atoms with E-state index in [2.05, 4.69) is 76.2 Å². The summed E-state index contributed by atoms with van der Waals surface area (Å²) in [7, 11) is -3.48. The Bertz CT molecular complexity index is 2340. The van der Waals surface area contributed by atoms with Gasteiger partial charge in [0.2, 0.25) is 0 Å². The Morgan fingerprint density at radius 1 is 1.04 bits per heavy atom. The zero-order chi connectivity index (χ0) is 37.1. The number of halogens is 1. The summed E-state index contributed by atoms with van der Waals surface area (Å²) in [6.45, 7) is 11.0. The Morgan fingerprint density at radius 2 is 1.87 bits per heavy atom. The molecule has 282 valence electrons. The van der Waals surface area contributed by atoms with E-state index in [9.17, 15) is 13.2 Å². The molecule has 2 N–H and O–H groups in total. The number of aromatic nitrogens is 7. The number of hydrogen-bond donors (Lipinski definition) is 2. The van der Waals surface area contributed by atoms with E-state index in [1.54, 1.807) is 12.3 Å². The van der Waals surface area contributed by atoms with Crippen LogP contribution in [0.4, 0.5) is 17.5 Å². The third-order valence-corrected chi connectivity index (χ3v) is 13.9. The number of piperidine rings is 1. The molecule has 1 aromatic carbocycles. The number of piperazine rings is 1. The topological polar surface area (TPSA) is 159 Å². The van der Waals surface area contributed by atoms with Crippen LogP contribution < -0.4 is 15.5 Å². The molecule has 54 heavy (non-hydrogen) atoms. The molecule has 1 unspecified atom stereocenters. The van der Waals surface area contributed by atoms with Gasteiger partial charge >= 0.3 is 0 Å². The van der Waals surface area contributed by atoms with Gasteiger partial charge in [-0.3, -0.25) is 14.4 Å². The molecular weight excluding hydrogens is 772 g/mol. The molecule has 1 aliphatic carbocycles. The zero-order valence-electron chi connectivity index (χ0n) is 30.3. The predicted octanol–water partition coefficient (Wildman–Crippen LogP) is 4.54. The average Bonchev–Trinajstić information content (AvgIpc) is 3.66. The number of hydrogen-bond acceptors (Lipinski definition) is 12. The first kappa shape index (κ1) is 35.3. The number of fused-ring (bicyclic) bond motifs is 2. The molecule has 0 spiro atoms. The average molecular weight is 816 g/mol. The number of benzene rings is 1. The van der Waals surface area contributed by atoms with Crippen LogP contribution in [0.25, 0.3) is 22.3 Å². The van der Waals surface area contributed by atoms with Gasteiger partial charge in [0, 0.05) is 86.4 Å². The van der Waals surface area contributed by atoms with E-state index in [4.69, 9.17) is 10.1 Å². The van der Waals surface area contributed by atoms with Gasteiger partial charge in [0.05, 0.1) is 34.1 Å². The number of pyridine rings is 1. The number of anilines is 3. The first-order valence-electron chi connectivity index (χ1n) is 18.7. The van der Waals surface area contributed by atoms with Crippen molar-refractivity contribution in [1.82, 2.24) is 49.0 Å². The van der Waals surface area contributed by atoms with Gasteiger partial charge in [-0.2, -0.15) is 14.3 Å². The minimum Gasteiger partial charge on any atom is -0.352 e. The maximum Gasteiger partial charge on any atom is 0.256 e. The van der Waals surface area contributed by atoms with Crippen molar-refractivity contribution < 1.29 is 13.2 Å². The Labute approximate surface area is 322 Å². The Hall–Kier alpha value is -4.45. The first-order chi connectivity index (χ1) is 26.1. The summed E-state index contributed by atoms with van der Waals surface area (Å²) in [5.74, 6) is 2.58. The van der Waals surface area contributed by atoms with Crippen LogP contribution >= 0.6 is 15.9 Å². The van der Waals surface area contributed by atoms with Crippen molar-refractivity contribution in [1.29, 1.82) is 0 Å². The van der Waals surface area contributed by atoms with Gasteiger partial charge in [-0.25, -0.2) is 23.4 Å². The van der Waals surface area contributed by atoms with Crippen LogP contribution in [-0.2, 0) is 23.1 Å². The lowest BCUT2D eigenvalue weighted by atomic mass is 10.1. The summed E-state index contributed by atoms with van der Waals surface area (Å²) in [5, 5.41) is 16.5. The third kappa shape index (κ3) is 6.54. The number of nitrogens with zero attached hydrogens (tertiary/aromatic N) is 10. The highest BCUT2D eigenvalue weighted by Gasteiger charge is 2.38. The number of amides is 1. The van der Waals surface area contributed by atoms with E-state index in [1.807, 2.05) is 23.0 Å². The molecule has 4 aliphatic rings. The standard InChI is InChI=1S/C37H43BrN12O3S/c1-23(2)50-31-16-33(43-32-9-11-40-35(44-32)25-17-42-49(21-25)54(52,53)27-6-7-27)41-19-29(31)36(45-50)47-14-12-46(13-15-47)20-24-5-8-28-30(34(24)38)22-48(37(28)51)26-4-3-10-39-18-26/h5,8-9,11,16-17,19,21,23,26-27,39H,3-4,6-7,10,12-15,18,20,22H2,1-2H3,(H,40,41,43,44). The molecule has 3 fully saturated rings. The van der Waals surface area contributed by atoms with E-state index < -0.39 is 10.0 Å². The van der Waals surface area contributed by atoms with E-state index in [0.717, 1.165) is 95.1 Å². The van der Waals surface area contributed by atoms with Gasteiger partial charge in [-0.05, 0) is 69.3 Å². The number of carbonyl (C=O) groups is 1. The van der Waals surface area contributed by atoms with Gasteiger partial charge in [0.25, 0.3) is 15.9 Å². The lowest BCUT2D eigenvalue weighted by Crippen LogP contribution is -2.46. The molecule has 0 radical (unpaired) electrons. The second-order valence-electron chi connectivity index (χ2n) is 14.9. The van der Waals surface area contributed by atoms with Gasteiger partial charge < -0.3 is 20.4 Å². The van der Waals surface area contributed by atoms with Gasteiger partial charge in [-0.1, -0.05) is 22.0 Å². The molecular formula is C37H43BrN12O3S. The van der Waals surface area contributed by atoms with Crippen molar-refractivity contribution in [2.24, 2.45) is 0 Å². The highest BCUT2D eigenvalue weighted by Crippen LogP contribution is 2.36. The fraction of sp³-hybridized carbons (Fsp3) is 0.459. The van der Waals surface area contributed by atoms with Crippen molar-refractivity contribution in [2.45, 2.75) is 70.0 Å². The second kappa shape index (κ2) is 14.0. The van der Waals surface area contributed by atoms with Crippen LogP contribution in [-0.4, -0.2) is 109 Å². The summed E-state index contributed by atoms with van der Waals surface area (Å²) >= 11 is 3.90. The summed E-state index contributed by atoms with van der Waals surface area (Å²) in [5.41, 5.74) is 4.64. The normalized spacial score (nSPS) is 19.6. The maximum atomic E-state index is 13.3. The molecule has 4 aromatic heterocycles. The smallest absolute Gasteiger partial charge is 0.256 e. The Balaban J connectivity index is 0.878. The fourth-order valence-corrected chi connectivity index (χ4v) is 9.86. The highest BCUT2D eigenvalue weighted by molar-refractivity contribution is 9.10. The van der Waals surface area contributed by atoms with Crippen LogP contribution in [0.5, 0.6) is 0 Å². The summed E-state index contributed by atoms with van der Waals surface area (Å²) in [6.07, 6.45) is 9.92. The molecule has 15 nitrogen and oxygen atoms in total. The van der Waals surface area contributed by atoms with E-state index in [0.29, 0.717) is 42.4 Å². The molecule has 7 heterocycles. The molecule has 17 heteroatoms. The SMILES string of the molecule is CC(C)n1nc(N2CCN(Cc3ccc4c(c3Br)CN(C3CCCNC3)C4=O)CC2)c2cnc(Nc3ccnc(-c4cnn(S(=O)(=O)C5CC5)c4)n3)cc21. The third-order valence-electron chi connectivity index (χ3n) is 10.9. The monoisotopic (exact) mass is 814 g/mol.